The van der Waals surface area contributed by atoms with Gasteiger partial charge in [-0.25, -0.2) is 14.6 Å². The van der Waals surface area contributed by atoms with Crippen LogP contribution in [0.5, 0.6) is 11.5 Å². The van der Waals surface area contributed by atoms with Crippen LogP contribution in [0, 0.1) is 11.3 Å². The minimum Gasteiger partial charge on any atom is -0.490 e. The third-order valence-electron chi connectivity index (χ3n) is 10.3. The molecule has 15 heteroatoms. The highest BCUT2D eigenvalue weighted by atomic mass is 16.6. The largest absolute Gasteiger partial charge is 0.490 e. The Kier molecular flexibility index (Phi) is 11.1. The Morgan fingerprint density at radius 2 is 1.73 bits per heavy atom. The first-order chi connectivity index (χ1) is 24.9. The molecule has 6 rings (SSSR count). The molecule has 4 atom stereocenters. The summed E-state index contributed by atoms with van der Waals surface area (Å²) in [4.78, 5) is 79.2. The molecule has 0 unspecified atom stereocenters. The maximum absolute atomic E-state index is 14.4. The van der Waals surface area contributed by atoms with Gasteiger partial charge < -0.3 is 34.5 Å². The van der Waals surface area contributed by atoms with E-state index in [-0.39, 0.29) is 31.1 Å². The number of nitrogens with one attached hydrogen (secondary N) is 2. The molecule has 1 saturated carbocycles. The smallest absolute Gasteiger partial charge is 0.410 e. The Morgan fingerprint density at radius 3 is 2.44 bits per heavy atom. The monoisotopic (exact) mass is 720 g/mol. The zero-order chi connectivity index (χ0) is 37.0. The molecule has 1 aromatic carbocycles. The second-order valence-electron chi connectivity index (χ2n) is 15.0. The molecule has 3 aliphatic heterocycles. The Bertz CT molecular complexity index is 1660. The van der Waals surface area contributed by atoms with Crippen molar-refractivity contribution in [1.82, 2.24) is 30.4 Å². The van der Waals surface area contributed by atoms with Gasteiger partial charge in [0.2, 0.25) is 11.8 Å². The Labute approximate surface area is 303 Å². The summed E-state index contributed by atoms with van der Waals surface area (Å²) < 4.78 is 22.8. The van der Waals surface area contributed by atoms with Crippen LogP contribution in [0.1, 0.15) is 87.3 Å². The molecule has 2 aromatic rings. The predicted octanol–water partition coefficient (Wildman–Crippen LogP) is 3.14. The molecule has 4 aliphatic rings. The lowest BCUT2D eigenvalue weighted by Gasteiger charge is -2.37. The molecule has 0 spiro atoms. The number of hydrogen-bond donors (Lipinski definition) is 2. The highest BCUT2D eigenvalue weighted by molar-refractivity contribution is 5.98. The SMILES string of the molecule is COC(=O)[C@@H]1C[C@@H](OC(=O)N2Cc3ccc4c(c3C2)OCCCO4)CN1C(=O)[C@@H](NC(=O)[C@@H](NC(=O)c1cnccn1)C1CCCCC1)C(C)(C)C. The van der Waals surface area contributed by atoms with Gasteiger partial charge in [0.05, 0.1) is 39.6 Å². The van der Waals surface area contributed by atoms with E-state index in [9.17, 15) is 24.0 Å². The van der Waals surface area contributed by atoms with Gasteiger partial charge >= 0.3 is 12.1 Å². The van der Waals surface area contributed by atoms with Crippen molar-refractivity contribution in [2.24, 2.45) is 11.3 Å². The van der Waals surface area contributed by atoms with Gasteiger partial charge in [-0.05, 0) is 35.8 Å². The number of fused-ring (bicyclic) bond motifs is 3. The third-order valence-corrected chi connectivity index (χ3v) is 10.3. The average Bonchev–Trinajstić information content (AvgIpc) is 3.70. The van der Waals surface area contributed by atoms with E-state index in [0.29, 0.717) is 31.3 Å². The lowest BCUT2D eigenvalue weighted by atomic mass is 9.82. The van der Waals surface area contributed by atoms with Gasteiger partial charge in [0, 0.05) is 37.3 Å². The first-order valence-electron chi connectivity index (χ1n) is 18.1. The van der Waals surface area contributed by atoms with E-state index in [1.807, 2.05) is 32.9 Å². The molecular formula is C37H48N6O9. The molecule has 0 bridgehead atoms. The molecule has 0 radical (unpaired) electrons. The summed E-state index contributed by atoms with van der Waals surface area (Å²) >= 11 is 0. The Hall–Kier alpha value is -4.95. The van der Waals surface area contributed by atoms with Crippen molar-refractivity contribution in [3.05, 3.63) is 47.5 Å². The number of rotatable bonds is 8. The maximum Gasteiger partial charge on any atom is 0.410 e. The molecule has 1 aromatic heterocycles. The standard InChI is InChI=1S/C37H48N6O9/c1-37(2,3)31(41-33(45)29(22-9-6-5-7-10-22)40-32(44)26-18-38-13-14-39-26)34(46)43-20-24(17-27(43)35(47)49-4)52-36(48)42-19-23-11-12-28-30(25(23)21-42)51-16-8-15-50-28/h11-14,18,22,24,27,29,31H,5-10,15-17,19-21H2,1-4H3,(H,40,44)(H,41,45)/t24-,27+,29+,31-/m1/s1. The molecule has 2 N–H and O–H groups in total. The van der Waals surface area contributed by atoms with Crippen molar-refractivity contribution in [1.29, 1.82) is 0 Å². The van der Waals surface area contributed by atoms with Crippen molar-refractivity contribution in [2.45, 2.75) is 103 Å². The molecule has 52 heavy (non-hydrogen) atoms. The van der Waals surface area contributed by atoms with E-state index >= 15 is 0 Å². The van der Waals surface area contributed by atoms with E-state index in [1.165, 1.54) is 30.6 Å². The van der Waals surface area contributed by atoms with E-state index in [2.05, 4.69) is 20.6 Å². The van der Waals surface area contributed by atoms with E-state index in [4.69, 9.17) is 18.9 Å². The number of likely N-dealkylation sites (tertiary alicyclic amines) is 1. The summed E-state index contributed by atoms with van der Waals surface area (Å²) in [6, 6.07) is 0.711. The fourth-order valence-corrected chi connectivity index (χ4v) is 7.48. The summed E-state index contributed by atoms with van der Waals surface area (Å²) in [5.74, 6) is -1.07. The van der Waals surface area contributed by atoms with Crippen molar-refractivity contribution in [2.75, 3.05) is 26.9 Å². The second kappa shape index (κ2) is 15.7. The number of aromatic nitrogens is 2. The zero-order valence-electron chi connectivity index (χ0n) is 30.2. The minimum absolute atomic E-state index is 0.0287. The molecule has 1 saturated heterocycles. The highest BCUT2D eigenvalue weighted by Crippen LogP contribution is 2.40. The van der Waals surface area contributed by atoms with Crippen molar-refractivity contribution >= 4 is 29.8 Å². The summed E-state index contributed by atoms with van der Waals surface area (Å²) in [5.41, 5.74) is 1.07. The van der Waals surface area contributed by atoms with Crippen LogP contribution >= 0.6 is 0 Å². The molecule has 15 nitrogen and oxygen atoms in total. The fourth-order valence-electron chi connectivity index (χ4n) is 7.48. The van der Waals surface area contributed by atoms with Crippen LogP contribution in [0.3, 0.4) is 0 Å². The number of benzene rings is 1. The molecule has 4 heterocycles. The molecule has 280 valence electrons. The van der Waals surface area contributed by atoms with Gasteiger partial charge in [-0.1, -0.05) is 46.1 Å². The van der Waals surface area contributed by atoms with E-state index in [1.54, 1.807) is 4.90 Å². The van der Waals surface area contributed by atoms with Crippen LogP contribution in [0.4, 0.5) is 4.79 Å². The average molecular weight is 721 g/mol. The first kappa shape index (κ1) is 36.8. The van der Waals surface area contributed by atoms with E-state index in [0.717, 1.165) is 49.7 Å². The summed E-state index contributed by atoms with van der Waals surface area (Å²) in [6.07, 6.45) is 7.93. The number of ether oxygens (including phenoxy) is 4. The van der Waals surface area contributed by atoms with Crippen molar-refractivity contribution in [3.8, 4) is 11.5 Å². The third kappa shape index (κ3) is 8.07. The van der Waals surface area contributed by atoms with Gasteiger partial charge in [0.1, 0.15) is 29.9 Å². The maximum atomic E-state index is 14.4. The summed E-state index contributed by atoms with van der Waals surface area (Å²) in [7, 11) is 1.23. The second-order valence-corrected chi connectivity index (χ2v) is 15.0. The zero-order valence-corrected chi connectivity index (χ0v) is 30.2. The van der Waals surface area contributed by atoms with Crippen molar-refractivity contribution < 1.29 is 42.9 Å². The van der Waals surface area contributed by atoms with Crippen LogP contribution in [-0.2, 0) is 36.9 Å². The molecule has 2 fully saturated rings. The van der Waals surface area contributed by atoms with Crippen LogP contribution in [0.15, 0.2) is 30.7 Å². The normalized spacial score (nSPS) is 21.3. The Morgan fingerprint density at radius 1 is 0.962 bits per heavy atom. The molecule has 1 aliphatic carbocycles. The van der Waals surface area contributed by atoms with Crippen LogP contribution in [0.25, 0.3) is 0 Å². The number of methoxy groups -OCH3 is 1. The number of hydrogen-bond acceptors (Lipinski definition) is 11. The lowest BCUT2D eigenvalue weighted by Crippen LogP contribution is -2.61. The number of carbonyl (C=O) groups is 5. The fraction of sp³-hybridized carbons (Fsp3) is 0.595. The van der Waals surface area contributed by atoms with Gasteiger partial charge in [-0.15, -0.1) is 0 Å². The van der Waals surface area contributed by atoms with Gasteiger partial charge in [0.15, 0.2) is 11.5 Å². The van der Waals surface area contributed by atoms with Gasteiger partial charge in [-0.2, -0.15) is 0 Å². The molecule has 4 amide bonds. The van der Waals surface area contributed by atoms with Crippen LogP contribution in [0.2, 0.25) is 0 Å². The van der Waals surface area contributed by atoms with E-state index < -0.39 is 59.4 Å². The number of amides is 4. The number of esters is 1. The van der Waals surface area contributed by atoms with Crippen molar-refractivity contribution in [3.63, 3.8) is 0 Å². The quantitative estimate of drug-likeness (QED) is 0.383. The topological polar surface area (TPSA) is 179 Å². The highest BCUT2D eigenvalue weighted by Gasteiger charge is 2.48. The van der Waals surface area contributed by atoms with Crippen LogP contribution < -0.4 is 20.1 Å². The number of carbonyl (C=O) groups excluding carboxylic acids is 5. The predicted molar refractivity (Wildman–Crippen MR) is 185 cm³/mol. The summed E-state index contributed by atoms with van der Waals surface area (Å²) in [6.45, 7) is 7.01. The van der Waals surface area contributed by atoms with Gasteiger partial charge in [0.25, 0.3) is 5.91 Å². The molecular weight excluding hydrogens is 672 g/mol. The van der Waals surface area contributed by atoms with Crippen LogP contribution in [-0.4, -0.2) is 101 Å². The van der Waals surface area contributed by atoms with Gasteiger partial charge in [-0.3, -0.25) is 24.3 Å². The number of nitrogens with zero attached hydrogens (tertiary/aromatic N) is 4. The lowest BCUT2D eigenvalue weighted by molar-refractivity contribution is -0.153. The first-order valence-corrected chi connectivity index (χ1v) is 18.1. The minimum atomic E-state index is -1.09. The summed E-state index contributed by atoms with van der Waals surface area (Å²) in [5, 5.41) is 5.79. The Balaban J connectivity index is 1.16.